The first-order chi connectivity index (χ1) is 9.11. The molecule has 2 aromatic rings. The summed E-state index contributed by atoms with van der Waals surface area (Å²) in [6, 6.07) is 6.34. The monoisotopic (exact) mass is 263 g/mol. The van der Waals surface area contributed by atoms with E-state index in [0.717, 1.165) is 5.69 Å². The van der Waals surface area contributed by atoms with E-state index < -0.39 is 0 Å². The molecule has 0 bridgehead atoms. The Hall–Kier alpha value is -2.41. The summed E-state index contributed by atoms with van der Waals surface area (Å²) >= 11 is 0. The fraction of sp³-hybridized carbons (Fsp3) is 0.250. The van der Waals surface area contributed by atoms with Crippen molar-refractivity contribution in [2.75, 3.05) is 23.4 Å². The third-order valence-electron chi connectivity index (χ3n) is 2.82. The predicted octanol–water partition coefficient (Wildman–Crippen LogP) is 0.815. The number of nitrogens with two attached hydrogens (primary N) is 2. The van der Waals surface area contributed by atoms with Crippen LogP contribution in [0.5, 0.6) is 5.75 Å². The van der Waals surface area contributed by atoms with Gasteiger partial charge >= 0.3 is 0 Å². The molecule has 1 heterocycles. The lowest BCUT2D eigenvalue weighted by Gasteiger charge is -2.17. The zero-order chi connectivity index (χ0) is 13.8. The number of phenols is 1. The molecule has 1 aromatic carbocycles. The van der Waals surface area contributed by atoms with Gasteiger partial charge in [-0.25, -0.2) is 0 Å². The number of rotatable bonds is 5. The van der Waals surface area contributed by atoms with Crippen LogP contribution in [0, 0.1) is 0 Å². The van der Waals surface area contributed by atoms with Gasteiger partial charge in [-0.3, -0.25) is 5.10 Å². The van der Waals surface area contributed by atoms with Crippen LogP contribution in [0.15, 0.2) is 24.3 Å². The summed E-state index contributed by atoms with van der Waals surface area (Å²) in [6.45, 7) is -0.0119. The summed E-state index contributed by atoms with van der Waals surface area (Å²) in [6.07, 6.45) is 0.440. The zero-order valence-electron chi connectivity index (χ0n) is 10.3. The van der Waals surface area contributed by atoms with Crippen LogP contribution >= 0.6 is 0 Å². The highest BCUT2D eigenvalue weighted by molar-refractivity contribution is 5.63. The number of aliphatic hydroxyl groups is 1. The fourth-order valence-electron chi connectivity index (χ4n) is 1.81. The molecule has 0 saturated carbocycles. The van der Waals surface area contributed by atoms with Crippen molar-refractivity contribution in [1.29, 1.82) is 0 Å². The van der Waals surface area contributed by atoms with E-state index in [1.165, 1.54) is 0 Å². The largest absolute Gasteiger partial charge is 0.508 e. The number of nitrogen functional groups attached to an aromatic ring is 2. The van der Waals surface area contributed by atoms with Gasteiger partial charge in [0.2, 0.25) is 0 Å². The van der Waals surface area contributed by atoms with Gasteiger partial charge in [-0.2, -0.15) is 5.10 Å². The number of aromatic nitrogens is 2. The second kappa shape index (κ2) is 5.49. The van der Waals surface area contributed by atoms with Crippen LogP contribution in [0.25, 0.3) is 0 Å². The molecular formula is C12H17N5O2. The minimum absolute atomic E-state index is 0.0119. The van der Waals surface area contributed by atoms with Crippen LogP contribution in [-0.2, 0) is 0 Å². The summed E-state index contributed by atoms with van der Waals surface area (Å²) < 4.78 is 0. The Bertz CT molecular complexity index is 538. The van der Waals surface area contributed by atoms with E-state index in [1.807, 2.05) is 0 Å². The van der Waals surface area contributed by atoms with Crippen LogP contribution < -0.4 is 16.8 Å². The Morgan fingerprint density at radius 2 is 1.95 bits per heavy atom. The Morgan fingerprint density at radius 1 is 1.26 bits per heavy atom. The standard InChI is InChI=1S/C12H17N5O2/c13-10-11(16-17-12(10)14)9(5-6-18)15-7-1-3-8(19)4-2-7/h1-4,9,15,18-19H,5-6,13H2,(H3,14,16,17). The third-order valence-corrected chi connectivity index (χ3v) is 2.82. The van der Waals surface area contributed by atoms with E-state index in [9.17, 15) is 5.11 Å². The third kappa shape index (κ3) is 2.89. The van der Waals surface area contributed by atoms with Crippen molar-refractivity contribution in [3.63, 3.8) is 0 Å². The smallest absolute Gasteiger partial charge is 0.142 e. The van der Waals surface area contributed by atoms with E-state index in [1.54, 1.807) is 24.3 Å². The molecule has 0 radical (unpaired) electrons. The predicted molar refractivity (Wildman–Crippen MR) is 73.6 cm³/mol. The van der Waals surface area contributed by atoms with Gasteiger partial charge in [0.05, 0.1) is 11.7 Å². The Labute approximate surface area is 110 Å². The molecule has 7 nitrogen and oxygen atoms in total. The number of nitrogens with zero attached hydrogens (tertiary/aromatic N) is 1. The first kappa shape index (κ1) is 13.0. The van der Waals surface area contributed by atoms with Crippen molar-refractivity contribution in [1.82, 2.24) is 10.2 Å². The highest BCUT2D eigenvalue weighted by Gasteiger charge is 2.18. The number of hydrogen-bond acceptors (Lipinski definition) is 6. The van der Waals surface area contributed by atoms with Gasteiger partial charge in [0.25, 0.3) is 0 Å². The number of aliphatic hydroxyl groups excluding tert-OH is 1. The van der Waals surface area contributed by atoms with Gasteiger partial charge in [-0.15, -0.1) is 0 Å². The maximum atomic E-state index is 9.24. The summed E-state index contributed by atoms with van der Waals surface area (Å²) in [5.41, 5.74) is 13.2. The topological polar surface area (TPSA) is 133 Å². The molecule has 0 aliphatic heterocycles. The average molecular weight is 263 g/mol. The molecule has 1 aromatic heterocycles. The van der Waals surface area contributed by atoms with Gasteiger partial charge in [-0.05, 0) is 30.7 Å². The lowest BCUT2D eigenvalue weighted by molar-refractivity contribution is 0.279. The maximum absolute atomic E-state index is 9.24. The fourth-order valence-corrected chi connectivity index (χ4v) is 1.81. The van der Waals surface area contributed by atoms with E-state index in [-0.39, 0.29) is 18.4 Å². The summed E-state index contributed by atoms with van der Waals surface area (Å²) in [7, 11) is 0. The van der Waals surface area contributed by atoms with Crippen molar-refractivity contribution in [3.8, 4) is 5.75 Å². The zero-order valence-corrected chi connectivity index (χ0v) is 10.3. The number of benzene rings is 1. The quantitative estimate of drug-likeness (QED) is 0.442. The average Bonchev–Trinajstić information content (AvgIpc) is 2.72. The van der Waals surface area contributed by atoms with Crippen LogP contribution in [0.1, 0.15) is 18.2 Å². The van der Waals surface area contributed by atoms with Crippen molar-refractivity contribution < 1.29 is 10.2 Å². The van der Waals surface area contributed by atoms with E-state index in [2.05, 4.69) is 15.5 Å². The van der Waals surface area contributed by atoms with Gasteiger partial charge in [0.15, 0.2) is 0 Å². The number of anilines is 3. The molecule has 7 heteroatoms. The van der Waals surface area contributed by atoms with Crippen molar-refractivity contribution >= 4 is 17.2 Å². The lowest BCUT2D eigenvalue weighted by atomic mass is 10.1. The van der Waals surface area contributed by atoms with Crippen molar-refractivity contribution in [3.05, 3.63) is 30.0 Å². The molecule has 0 fully saturated rings. The SMILES string of the molecule is Nc1[nH]nc(C(CCO)Nc2ccc(O)cc2)c1N. The minimum Gasteiger partial charge on any atom is -0.508 e. The molecule has 0 saturated heterocycles. The molecule has 1 unspecified atom stereocenters. The summed E-state index contributed by atoms with van der Waals surface area (Å²) in [5.74, 6) is 0.498. The minimum atomic E-state index is -0.261. The van der Waals surface area contributed by atoms with E-state index in [0.29, 0.717) is 23.6 Å². The molecule has 0 amide bonds. The molecular weight excluding hydrogens is 246 g/mol. The van der Waals surface area contributed by atoms with Gasteiger partial charge < -0.3 is 27.0 Å². The molecule has 102 valence electrons. The number of nitrogens with one attached hydrogen (secondary N) is 2. The van der Waals surface area contributed by atoms with Gasteiger partial charge in [0, 0.05) is 12.3 Å². The molecule has 0 aliphatic carbocycles. The van der Waals surface area contributed by atoms with Crippen LogP contribution in [0.4, 0.5) is 17.2 Å². The molecule has 0 spiro atoms. The second-order valence-corrected chi connectivity index (χ2v) is 4.19. The normalized spacial score (nSPS) is 12.3. The number of H-pyrrole nitrogens is 1. The second-order valence-electron chi connectivity index (χ2n) is 4.19. The maximum Gasteiger partial charge on any atom is 0.142 e. The molecule has 1 atom stereocenters. The van der Waals surface area contributed by atoms with Gasteiger partial charge in [0.1, 0.15) is 17.3 Å². The Kier molecular flexibility index (Phi) is 3.76. The van der Waals surface area contributed by atoms with E-state index in [4.69, 9.17) is 16.6 Å². The molecule has 0 aliphatic rings. The Morgan fingerprint density at radius 3 is 2.47 bits per heavy atom. The number of aromatic hydroxyl groups is 1. The van der Waals surface area contributed by atoms with Crippen LogP contribution in [-0.4, -0.2) is 27.0 Å². The van der Waals surface area contributed by atoms with Gasteiger partial charge in [-0.1, -0.05) is 0 Å². The summed E-state index contributed by atoms with van der Waals surface area (Å²) in [4.78, 5) is 0. The number of hydrogen-bond donors (Lipinski definition) is 6. The highest BCUT2D eigenvalue weighted by atomic mass is 16.3. The van der Waals surface area contributed by atoms with Crippen molar-refractivity contribution in [2.24, 2.45) is 0 Å². The van der Waals surface area contributed by atoms with E-state index >= 15 is 0 Å². The van der Waals surface area contributed by atoms with Crippen LogP contribution in [0.2, 0.25) is 0 Å². The first-order valence-corrected chi connectivity index (χ1v) is 5.87. The highest BCUT2D eigenvalue weighted by Crippen LogP contribution is 2.28. The molecule has 19 heavy (non-hydrogen) atoms. The molecule has 8 N–H and O–H groups in total. The van der Waals surface area contributed by atoms with Crippen molar-refractivity contribution in [2.45, 2.75) is 12.5 Å². The number of phenolic OH excluding ortho intramolecular Hbond substituents is 1. The first-order valence-electron chi connectivity index (χ1n) is 5.87. The summed E-state index contributed by atoms with van der Waals surface area (Å²) in [5, 5.41) is 28.2. The lowest BCUT2D eigenvalue weighted by Crippen LogP contribution is -2.14. The number of aromatic amines is 1. The molecule has 2 rings (SSSR count). The Balaban J connectivity index is 2.21. The van der Waals surface area contributed by atoms with Crippen LogP contribution in [0.3, 0.4) is 0 Å².